The molecule has 0 bridgehead atoms. The molecular weight excluding hydrogens is 291 g/mol. The molecule has 0 amide bonds. The van der Waals surface area contributed by atoms with Gasteiger partial charge in [-0.05, 0) is 32.0 Å². The number of carboxylic acid groups (broad SMARTS) is 1. The second-order valence-electron chi connectivity index (χ2n) is 4.91. The van der Waals surface area contributed by atoms with E-state index >= 15 is 0 Å². The van der Waals surface area contributed by atoms with Crippen LogP contribution in [0.4, 0.5) is 4.39 Å². The third-order valence-electron chi connectivity index (χ3n) is 3.37. The van der Waals surface area contributed by atoms with Crippen molar-refractivity contribution in [2.24, 2.45) is 0 Å². The molecule has 1 aromatic carbocycles. The SMILES string of the molecule is Cc1cc(C)n(Cc2c(C(=O)O)sc3cccc(F)c23)n1. The molecule has 0 unspecified atom stereocenters. The van der Waals surface area contributed by atoms with Crippen molar-refractivity contribution >= 4 is 27.4 Å². The first-order chi connectivity index (χ1) is 9.97. The van der Waals surface area contributed by atoms with Crippen LogP contribution >= 0.6 is 11.3 Å². The molecule has 0 aliphatic heterocycles. The number of aromatic nitrogens is 2. The third kappa shape index (κ3) is 2.31. The topological polar surface area (TPSA) is 55.1 Å². The minimum Gasteiger partial charge on any atom is -0.477 e. The number of benzene rings is 1. The number of hydrogen-bond acceptors (Lipinski definition) is 3. The van der Waals surface area contributed by atoms with Crippen LogP contribution in [0.5, 0.6) is 0 Å². The van der Waals surface area contributed by atoms with E-state index < -0.39 is 11.8 Å². The van der Waals surface area contributed by atoms with Crippen LogP contribution in [0.25, 0.3) is 10.1 Å². The van der Waals surface area contributed by atoms with Crippen molar-refractivity contribution in [3.05, 3.63) is 51.9 Å². The lowest BCUT2D eigenvalue weighted by Gasteiger charge is -2.06. The van der Waals surface area contributed by atoms with E-state index in [-0.39, 0.29) is 11.4 Å². The Bertz CT molecular complexity index is 851. The van der Waals surface area contributed by atoms with Gasteiger partial charge in [0.2, 0.25) is 0 Å². The van der Waals surface area contributed by atoms with Crippen LogP contribution in [-0.4, -0.2) is 20.9 Å². The highest BCUT2D eigenvalue weighted by atomic mass is 32.1. The van der Waals surface area contributed by atoms with Crippen molar-refractivity contribution in [1.29, 1.82) is 0 Å². The normalized spacial score (nSPS) is 11.2. The van der Waals surface area contributed by atoms with E-state index in [1.807, 2.05) is 19.9 Å². The molecule has 21 heavy (non-hydrogen) atoms. The zero-order valence-electron chi connectivity index (χ0n) is 11.6. The van der Waals surface area contributed by atoms with Gasteiger partial charge >= 0.3 is 5.97 Å². The Kier molecular flexibility index (Phi) is 3.25. The summed E-state index contributed by atoms with van der Waals surface area (Å²) in [5.41, 5.74) is 2.25. The second-order valence-corrected chi connectivity index (χ2v) is 5.96. The van der Waals surface area contributed by atoms with Crippen molar-refractivity contribution in [3.8, 4) is 0 Å². The molecule has 0 atom stereocenters. The average Bonchev–Trinajstić information content (AvgIpc) is 2.92. The second kappa shape index (κ2) is 4.96. The summed E-state index contributed by atoms with van der Waals surface area (Å²) in [5, 5.41) is 14.1. The van der Waals surface area contributed by atoms with E-state index in [9.17, 15) is 14.3 Å². The lowest BCUT2D eigenvalue weighted by atomic mass is 10.1. The molecule has 2 heterocycles. The number of aryl methyl sites for hydroxylation is 2. The largest absolute Gasteiger partial charge is 0.477 e. The maximum atomic E-state index is 14.1. The number of aromatic carboxylic acids is 1. The highest BCUT2D eigenvalue weighted by Crippen LogP contribution is 2.34. The maximum Gasteiger partial charge on any atom is 0.346 e. The fraction of sp³-hybridized carbons (Fsp3) is 0.200. The summed E-state index contributed by atoms with van der Waals surface area (Å²) >= 11 is 1.10. The Morgan fingerprint density at radius 3 is 2.81 bits per heavy atom. The van der Waals surface area contributed by atoms with Crippen molar-refractivity contribution in [2.45, 2.75) is 20.4 Å². The van der Waals surface area contributed by atoms with Crippen molar-refractivity contribution in [1.82, 2.24) is 9.78 Å². The average molecular weight is 304 g/mol. The fourth-order valence-corrected chi connectivity index (χ4v) is 3.54. The van der Waals surface area contributed by atoms with Crippen LogP contribution in [0.2, 0.25) is 0 Å². The van der Waals surface area contributed by atoms with E-state index in [0.29, 0.717) is 15.6 Å². The number of nitrogens with zero attached hydrogens (tertiary/aromatic N) is 2. The summed E-state index contributed by atoms with van der Waals surface area (Å²) < 4.78 is 16.5. The molecule has 0 saturated carbocycles. The van der Waals surface area contributed by atoms with Crippen molar-refractivity contribution in [2.75, 3.05) is 0 Å². The molecule has 0 spiro atoms. The lowest BCUT2D eigenvalue weighted by Crippen LogP contribution is -2.07. The molecule has 0 radical (unpaired) electrons. The zero-order valence-corrected chi connectivity index (χ0v) is 12.4. The molecule has 0 aliphatic carbocycles. The van der Waals surface area contributed by atoms with Gasteiger partial charge < -0.3 is 5.11 Å². The number of carboxylic acids is 1. The minimum atomic E-state index is -1.04. The first-order valence-electron chi connectivity index (χ1n) is 6.41. The number of thiophene rings is 1. The van der Waals surface area contributed by atoms with Gasteiger partial charge in [0.25, 0.3) is 0 Å². The number of halogens is 1. The summed E-state index contributed by atoms with van der Waals surface area (Å²) in [6, 6.07) is 6.59. The van der Waals surface area contributed by atoms with Crippen LogP contribution in [0, 0.1) is 19.7 Å². The number of carbonyl (C=O) groups is 1. The van der Waals surface area contributed by atoms with E-state index in [1.165, 1.54) is 6.07 Å². The van der Waals surface area contributed by atoms with Gasteiger partial charge in [-0.2, -0.15) is 5.10 Å². The van der Waals surface area contributed by atoms with Gasteiger partial charge in [-0.3, -0.25) is 4.68 Å². The molecule has 4 nitrogen and oxygen atoms in total. The van der Waals surface area contributed by atoms with Gasteiger partial charge in [-0.25, -0.2) is 9.18 Å². The van der Waals surface area contributed by atoms with Crippen LogP contribution in [0.1, 0.15) is 26.6 Å². The standard InChI is InChI=1S/C15H13FN2O2S/c1-8-6-9(2)18(17-8)7-10-13-11(16)4-3-5-12(13)21-14(10)15(19)20/h3-6H,7H2,1-2H3,(H,19,20). The van der Waals surface area contributed by atoms with E-state index in [1.54, 1.807) is 16.8 Å². The summed E-state index contributed by atoms with van der Waals surface area (Å²) in [6.07, 6.45) is 0. The number of hydrogen-bond donors (Lipinski definition) is 1. The van der Waals surface area contributed by atoms with Gasteiger partial charge in [0.15, 0.2) is 0 Å². The van der Waals surface area contributed by atoms with Gasteiger partial charge in [0.1, 0.15) is 10.7 Å². The van der Waals surface area contributed by atoms with Crippen molar-refractivity contribution in [3.63, 3.8) is 0 Å². The van der Waals surface area contributed by atoms with Gasteiger partial charge in [0.05, 0.1) is 12.2 Å². The highest BCUT2D eigenvalue weighted by Gasteiger charge is 2.21. The predicted octanol–water partition coefficient (Wildman–Crippen LogP) is 3.60. The smallest absolute Gasteiger partial charge is 0.346 e. The first-order valence-corrected chi connectivity index (χ1v) is 7.23. The Labute approximate surface area is 124 Å². The molecule has 6 heteroatoms. The van der Waals surface area contributed by atoms with Crippen LogP contribution in [-0.2, 0) is 6.54 Å². The predicted molar refractivity (Wildman–Crippen MR) is 79.5 cm³/mol. The summed E-state index contributed by atoms with van der Waals surface area (Å²) in [5.74, 6) is -1.43. The van der Waals surface area contributed by atoms with Gasteiger partial charge in [-0.1, -0.05) is 6.07 Å². The molecule has 0 fully saturated rings. The minimum absolute atomic E-state index is 0.169. The lowest BCUT2D eigenvalue weighted by molar-refractivity contribution is 0.0701. The quantitative estimate of drug-likeness (QED) is 0.804. The van der Waals surface area contributed by atoms with Crippen LogP contribution < -0.4 is 0 Å². The van der Waals surface area contributed by atoms with Gasteiger partial charge in [-0.15, -0.1) is 11.3 Å². The monoisotopic (exact) mass is 304 g/mol. The van der Waals surface area contributed by atoms with Crippen molar-refractivity contribution < 1.29 is 14.3 Å². The molecule has 0 saturated heterocycles. The molecule has 0 aliphatic rings. The third-order valence-corrected chi connectivity index (χ3v) is 4.55. The molecule has 108 valence electrons. The molecule has 1 N–H and O–H groups in total. The Morgan fingerprint density at radius 2 is 2.19 bits per heavy atom. The Hall–Kier alpha value is -2.21. The maximum absolute atomic E-state index is 14.1. The Balaban J connectivity index is 2.22. The summed E-state index contributed by atoms with van der Waals surface area (Å²) in [7, 11) is 0. The van der Waals surface area contributed by atoms with Crippen LogP contribution in [0.15, 0.2) is 24.3 Å². The van der Waals surface area contributed by atoms with E-state index in [4.69, 9.17) is 0 Å². The summed E-state index contributed by atoms with van der Waals surface area (Å²) in [6.45, 7) is 4.02. The van der Waals surface area contributed by atoms with E-state index in [0.717, 1.165) is 22.7 Å². The fourth-order valence-electron chi connectivity index (χ4n) is 2.48. The molecule has 3 aromatic rings. The molecule has 3 rings (SSSR count). The number of rotatable bonds is 3. The van der Waals surface area contributed by atoms with Gasteiger partial charge in [0, 0.05) is 21.3 Å². The first kappa shape index (κ1) is 13.8. The van der Waals surface area contributed by atoms with E-state index in [2.05, 4.69) is 5.10 Å². The summed E-state index contributed by atoms with van der Waals surface area (Å²) in [4.78, 5) is 11.6. The number of fused-ring (bicyclic) bond motifs is 1. The molecule has 2 aromatic heterocycles. The highest BCUT2D eigenvalue weighted by molar-refractivity contribution is 7.21. The van der Waals surface area contributed by atoms with Crippen LogP contribution in [0.3, 0.4) is 0 Å². The molecular formula is C15H13FN2O2S. The zero-order chi connectivity index (χ0) is 15.1. The Morgan fingerprint density at radius 1 is 1.43 bits per heavy atom.